The normalized spacial score (nSPS) is 22.8. The maximum atomic E-state index is 6.13. The maximum absolute atomic E-state index is 6.13. The van der Waals surface area contributed by atoms with Crippen molar-refractivity contribution in [3.05, 3.63) is 24.2 Å². The van der Waals surface area contributed by atoms with Gasteiger partial charge in [-0.15, -0.1) is 0 Å². The van der Waals surface area contributed by atoms with E-state index >= 15 is 0 Å². The number of aromatic nitrogens is 3. The number of fused-ring (bicyclic) bond motifs is 1. The molecule has 0 amide bonds. The molecule has 0 aromatic carbocycles. The summed E-state index contributed by atoms with van der Waals surface area (Å²) in [7, 11) is 0. The highest BCUT2D eigenvalue weighted by molar-refractivity contribution is 5.57. The summed E-state index contributed by atoms with van der Waals surface area (Å²) in [4.78, 5) is 4.39. The first kappa shape index (κ1) is 13.4. The summed E-state index contributed by atoms with van der Waals surface area (Å²) in [5, 5.41) is 4.56. The van der Waals surface area contributed by atoms with Crippen LogP contribution in [-0.2, 0) is 0 Å². The molecule has 20 heavy (non-hydrogen) atoms. The fraction of sp³-hybridized carbons (Fsp3) is 0.600. The summed E-state index contributed by atoms with van der Waals surface area (Å²) >= 11 is 0. The van der Waals surface area contributed by atoms with E-state index in [1.807, 2.05) is 10.7 Å². The summed E-state index contributed by atoms with van der Waals surface area (Å²) in [6.45, 7) is 4.96. The van der Waals surface area contributed by atoms with E-state index in [0.717, 1.165) is 24.1 Å². The Morgan fingerprint density at radius 2 is 2.30 bits per heavy atom. The Labute approximate surface area is 119 Å². The second kappa shape index (κ2) is 5.40. The first-order chi connectivity index (χ1) is 9.69. The molecule has 2 N–H and O–H groups in total. The molecule has 2 atom stereocenters. The van der Waals surface area contributed by atoms with Crippen LogP contribution in [0.4, 0.5) is 0 Å². The summed E-state index contributed by atoms with van der Waals surface area (Å²) in [5.41, 5.74) is 7.82. The molecule has 1 saturated carbocycles. The van der Waals surface area contributed by atoms with Crippen molar-refractivity contribution in [2.75, 3.05) is 6.54 Å². The Balaban J connectivity index is 1.91. The monoisotopic (exact) mass is 274 g/mol. The lowest BCUT2D eigenvalue weighted by Gasteiger charge is -2.19. The first-order valence-corrected chi connectivity index (χ1v) is 7.40. The standard InChI is InChI=1S/C15H22N4O/c1-10(2)12-8-13-15(17-6-7-19(13)18-12)20-14-5-3-4-11(14)9-16/h6-8,10-11,14H,3-5,9,16H2,1-2H3. The third-order valence-corrected chi connectivity index (χ3v) is 4.12. The molecule has 5 nitrogen and oxygen atoms in total. The van der Waals surface area contributed by atoms with E-state index in [1.165, 1.54) is 6.42 Å². The number of rotatable bonds is 4. The molecular formula is C15H22N4O. The van der Waals surface area contributed by atoms with Crippen LogP contribution in [0.5, 0.6) is 5.88 Å². The summed E-state index contributed by atoms with van der Waals surface area (Å²) in [5.74, 6) is 1.52. The summed E-state index contributed by atoms with van der Waals surface area (Å²) in [6.07, 6.45) is 7.20. The molecule has 1 fully saturated rings. The van der Waals surface area contributed by atoms with Gasteiger partial charge < -0.3 is 10.5 Å². The van der Waals surface area contributed by atoms with Gasteiger partial charge in [0.25, 0.3) is 0 Å². The molecule has 2 heterocycles. The van der Waals surface area contributed by atoms with E-state index in [0.29, 0.717) is 24.3 Å². The topological polar surface area (TPSA) is 65.4 Å². The molecule has 3 rings (SSSR count). The van der Waals surface area contributed by atoms with E-state index < -0.39 is 0 Å². The van der Waals surface area contributed by atoms with Gasteiger partial charge in [0.15, 0.2) is 0 Å². The van der Waals surface area contributed by atoms with Gasteiger partial charge in [-0.3, -0.25) is 0 Å². The molecule has 0 bridgehead atoms. The molecule has 1 aliphatic carbocycles. The van der Waals surface area contributed by atoms with Crippen LogP contribution >= 0.6 is 0 Å². The van der Waals surface area contributed by atoms with Crippen molar-refractivity contribution >= 4 is 5.52 Å². The van der Waals surface area contributed by atoms with Crippen LogP contribution < -0.4 is 10.5 Å². The number of ether oxygens (including phenoxy) is 1. The highest BCUT2D eigenvalue weighted by atomic mass is 16.5. The van der Waals surface area contributed by atoms with Gasteiger partial charge in [0.2, 0.25) is 5.88 Å². The van der Waals surface area contributed by atoms with Crippen molar-refractivity contribution < 1.29 is 4.74 Å². The minimum Gasteiger partial charge on any atom is -0.472 e. The van der Waals surface area contributed by atoms with Crippen molar-refractivity contribution in [2.45, 2.75) is 45.1 Å². The van der Waals surface area contributed by atoms with Crippen LogP contribution in [-0.4, -0.2) is 27.2 Å². The lowest BCUT2D eigenvalue weighted by molar-refractivity contribution is 0.157. The minimum atomic E-state index is 0.191. The maximum Gasteiger partial charge on any atom is 0.240 e. The van der Waals surface area contributed by atoms with Crippen LogP contribution in [0.15, 0.2) is 18.5 Å². The van der Waals surface area contributed by atoms with Crippen LogP contribution in [0, 0.1) is 5.92 Å². The Morgan fingerprint density at radius 1 is 1.45 bits per heavy atom. The number of nitrogens with zero attached hydrogens (tertiary/aromatic N) is 3. The van der Waals surface area contributed by atoms with E-state index in [4.69, 9.17) is 10.5 Å². The van der Waals surface area contributed by atoms with Crippen LogP contribution in [0.3, 0.4) is 0 Å². The zero-order valence-electron chi connectivity index (χ0n) is 12.1. The minimum absolute atomic E-state index is 0.191. The largest absolute Gasteiger partial charge is 0.472 e. The molecule has 2 unspecified atom stereocenters. The lowest BCUT2D eigenvalue weighted by atomic mass is 10.1. The van der Waals surface area contributed by atoms with E-state index in [1.54, 1.807) is 6.20 Å². The molecular weight excluding hydrogens is 252 g/mol. The van der Waals surface area contributed by atoms with E-state index in [9.17, 15) is 0 Å². The van der Waals surface area contributed by atoms with Gasteiger partial charge in [0.1, 0.15) is 11.6 Å². The fourth-order valence-corrected chi connectivity index (χ4v) is 2.86. The van der Waals surface area contributed by atoms with Crippen LogP contribution in [0.2, 0.25) is 0 Å². The van der Waals surface area contributed by atoms with Gasteiger partial charge in [0.05, 0.1) is 5.69 Å². The smallest absolute Gasteiger partial charge is 0.240 e. The van der Waals surface area contributed by atoms with Gasteiger partial charge in [0, 0.05) is 18.3 Å². The molecule has 2 aromatic rings. The second-order valence-electron chi connectivity index (χ2n) is 5.87. The third kappa shape index (κ3) is 2.38. The average molecular weight is 274 g/mol. The van der Waals surface area contributed by atoms with Crippen LogP contribution in [0.25, 0.3) is 5.52 Å². The molecule has 1 aliphatic rings. The predicted octanol–water partition coefficient (Wildman–Crippen LogP) is 2.36. The van der Waals surface area contributed by atoms with E-state index in [2.05, 4.69) is 30.0 Å². The second-order valence-corrected chi connectivity index (χ2v) is 5.87. The average Bonchev–Trinajstić information content (AvgIpc) is 3.04. The fourth-order valence-electron chi connectivity index (χ4n) is 2.86. The quantitative estimate of drug-likeness (QED) is 0.929. The Hall–Kier alpha value is -1.62. The highest BCUT2D eigenvalue weighted by Crippen LogP contribution is 2.30. The summed E-state index contributed by atoms with van der Waals surface area (Å²) < 4.78 is 7.98. The molecule has 0 aliphatic heterocycles. The number of hydrogen-bond acceptors (Lipinski definition) is 4. The van der Waals surface area contributed by atoms with Gasteiger partial charge in [-0.05, 0) is 37.8 Å². The molecule has 108 valence electrons. The van der Waals surface area contributed by atoms with Crippen molar-refractivity contribution in [1.82, 2.24) is 14.6 Å². The first-order valence-electron chi connectivity index (χ1n) is 7.40. The predicted molar refractivity (Wildman–Crippen MR) is 77.9 cm³/mol. The van der Waals surface area contributed by atoms with Crippen molar-refractivity contribution in [3.8, 4) is 5.88 Å². The van der Waals surface area contributed by atoms with Crippen LogP contribution in [0.1, 0.15) is 44.7 Å². The third-order valence-electron chi connectivity index (χ3n) is 4.12. The van der Waals surface area contributed by atoms with Gasteiger partial charge in [-0.25, -0.2) is 9.50 Å². The van der Waals surface area contributed by atoms with Crippen molar-refractivity contribution in [2.24, 2.45) is 11.7 Å². The number of nitrogens with two attached hydrogens (primary N) is 1. The highest BCUT2D eigenvalue weighted by Gasteiger charge is 2.28. The Bertz CT molecular complexity index is 593. The molecule has 0 saturated heterocycles. The lowest BCUT2D eigenvalue weighted by Crippen LogP contribution is -2.28. The molecule has 2 aromatic heterocycles. The van der Waals surface area contributed by atoms with Crippen molar-refractivity contribution in [3.63, 3.8) is 0 Å². The zero-order chi connectivity index (χ0) is 14.1. The van der Waals surface area contributed by atoms with E-state index in [-0.39, 0.29) is 6.10 Å². The Morgan fingerprint density at radius 3 is 3.05 bits per heavy atom. The molecule has 5 heteroatoms. The number of hydrogen-bond donors (Lipinski definition) is 1. The van der Waals surface area contributed by atoms with Gasteiger partial charge in [-0.1, -0.05) is 13.8 Å². The zero-order valence-corrected chi connectivity index (χ0v) is 12.1. The SMILES string of the molecule is CC(C)c1cc2c(OC3CCCC3CN)nccn2n1. The molecule has 0 radical (unpaired) electrons. The molecule has 0 spiro atoms. The van der Waals surface area contributed by atoms with Crippen molar-refractivity contribution in [1.29, 1.82) is 0 Å². The Kier molecular flexibility index (Phi) is 3.61. The van der Waals surface area contributed by atoms with Gasteiger partial charge >= 0.3 is 0 Å². The summed E-state index contributed by atoms with van der Waals surface area (Å²) in [6, 6.07) is 2.07. The van der Waals surface area contributed by atoms with Gasteiger partial charge in [-0.2, -0.15) is 5.10 Å².